The van der Waals surface area contributed by atoms with Crippen molar-refractivity contribution in [3.05, 3.63) is 77.5 Å². The van der Waals surface area contributed by atoms with E-state index in [0.717, 1.165) is 25.5 Å². The summed E-state index contributed by atoms with van der Waals surface area (Å²) in [5, 5.41) is 0. The molecule has 0 aliphatic rings. The van der Waals surface area contributed by atoms with Crippen molar-refractivity contribution in [1.29, 1.82) is 0 Å². The van der Waals surface area contributed by atoms with Crippen LogP contribution in [0.1, 0.15) is 20.7 Å². The summed E-state index contributed by atoms with van der Waals surface area (Å²) in [6.45, 7) is -0.545. The van der Waals surface area contributed by atoms with Crippen molar-refractivity contribution in [2.45, 2.75) is 0 Å². The number of methoxy groups -OCH3 is 2. The fourth-order valence-corrected chi connectivity index (χ4v) is 2.09. The van der Waals surface area contributed by atoms with Gasteiger partial charge in [-0.2, -0.15) is 0 Å². The van der Waals surface area contributed by atoms with Gasteiger partial charge in [0.1, 0.15) is 23.4 Å². The van der Waals surface area contributed by atoms with Crippen molar-refractivity contribution in [3.8, 4) is 5.75 Å². The van der Waals surface area contributed by atoms with Crippen LogP contribution in [0.5, 0.6) is 5.75 Å². The molecule has 2 rings (SSSR count). The van der Waals surface area contributed by atoms with Crippen molar-refractivity contribution in [2.24, 2.45) is 0 Å². The minimum atomic E-state index is -0.840. The van der Waals surface area contributed by atoms with Crippen LogP contribution in [0.25, 0.3) is 0 Å². The number of carbonyl (C=O) groups is 3. The molecule has 2 aromatic carbocycles. The van der Waals surface area contributed by atoms with Crippen LogP contribution in [-0.4, -0.2) is 38.5 Å². The summed E-state index contributed by atoms with van der Waals surface area (Å²) in [6.07, 6.45) is 1.02. The molecular weight excluding hydrogens is 371 g/mol. The van der Waals surface area contributed by atoms with Gasteiger partial charge in [0.2, 0.25) is 5.76 Å². The summed E-state index contributed by atoms with van der Waals surface area (Å²) in [7, 11) is 2.48. The third-order valence-electron chi connectivity index (χ3n) is 3.44. The van der Waals surface area contributed by atoms with E-state index in [9.17, 15) is 18.8 Å². The van der Waals surface area contributed by atoms with E-state index in [2.05, 4.69) is 4.74 Å². The highest BCUT2D eigenvalue weighted by molar-refractivity contribution is 6.00. The lowest BCUT2D eigenvalue weighted by Crippen LogP contribution is -2.16. The topological polar surface area (TPSA) is 88.1 Å². The van der Waals surface area contributed by atoms with Crippen molar-refractivity contribution in [2.75, 3.05) is 20.8 Å². The minimum Gasteiger partial charge on any atom is -0.500 e. The molecule has 0 amide bonds. The molecule has 28 heavy (non-hydrogen) atoms. The molecule has 0 spiro atoms. The van der Waals surface area contributed by atoms with Crippen molar-refractivity contribution < 1.29 is 37.7 Å². The molecule has 0 radical (unpaired) electrons. The summed E-state index contributed by atoms with van der Waals surface area (Å²) in [5.74, 6) is -2.90. The number of carbonyl (C=O) groups excluding carboxylic acids is 3. The second kappa shape index (κ2) is 9.86. The number of Topliss-reactive ketones (excluding diaryl/α,β-unsaturated/α-hetero) is 1. The summed E-state index contributed by atoms with van der Waals surface area (Å²) >= 11 is 0. The smallest absolute Gasteiger partial charge is 0.377 e. The first-order valence-electron chi connectivity index (χ1n) is 8.00. The van der Waals surface area contributed by atoms with E-state index < -0.39 is 30.1 Å². The molecular formula is C20H17FO7. The van der Waals surface area contributed by atoms with Crippen molar-refractivity contribution in [3.63, 3.8) is 0 Å². The lowest BCUT2D eigenvalue weighted by atomic mass is 10.1. The second-order valence-electron chi connectivity index (χ2n) is 5.31. The highest BCUT2D eigenvalue weighted by atomic mass is 19.1. The van der Waals surface area contributed by atoms with E-state index in [4.69, 9.17) is 14.2 Å². The third-order valence-corrected chi connectivity index (χ3v) is 3.44. The minimum absolute atomic E-state index is 0.00966. The molecule has 0 saturated carbocycles. The SMILES string of the molecule is CO/C=C(/Oc1ccccc1C(=O)OCC(=O)c1ccc(F)cc1)C(=O)OC. The van der Waals surface area contributed by atoms with Gasteiger partial charge in [-0.1, -0.05) is 12.1 Å². The predicted octanol–water partition coefficient (Wildman–Crippen LogP) is 2.91. The second-order valence-corrected chi connectivity index (χ2v) is 5.31. The largest absolute Gasteiger partial charge is 0.500 e. The number of ketones is 1. The maximum absolute atomic E-state index is 12.9. The molecule has 2 aromatic rings. The molecule has 0 unspecified atom stereocenters. The van der Waals surface area contributed by atoms with E-state index in [1.54, 1.807) is 12.1 Å². The third kappa shape index (κ3) is 5.41. The molecule has 0 atom stereocenters. The molecule has 146 valence electrons. The number of para-hydroxylation sites is 1. The Bertz CT molecular complexity index is 888. The average Bonchev–Trinajstić information content (AvgIpc) is 2.71. The van der Waals surface area contributed by atoms with E-state index in [-0.39, 0.29) is 22.6 Å². The predicted molar refractivity (Wildman–Crippen MR) is 95.2 cm³/mol. The van der Waals surface area contributed by atoms with E-state index in [0.29, 0.717) is 0 Å². The maximum atomic E-state index is 12.9. The Kier molecular flexibility index (Phi) is 7.27. The average molecular weight is 388 g/mol. The molecule has 7 nitrogen and oxygen atoms in total. The van der Waals surface area contributed by atoms with Crippen LogP contribution >= 0.6 is 0 Å². The Labute approximate surface area is 160 Å². The number of hydrogen-bond donors (Lipinski definition) is 0. The lowest BCUT2D eigenvalue weighted by molar-refractivity contribution is -0.138. The summed E-state index contributed by atoms with van der Waals surface area (Å²) < 4.78 is 32.7. The van der Waals surface area contributed by atoms with Gasteiger partial charge in [0.15, 0.2) is 12.4 Å². The zero-order chi connectivity index (χ0) is 20.5. The van der Waals surface area contributed by atoms with Gasteiger partial charge >= 0.3 is 11.9 Å². The maximum Gasteiger partial charge on any atom is 0.377 e. The fraction of sp³-hybridized carbons (Fsp3) is 0.150. The van der Waals surface area contributed by atoms with Crippen LogP contribution in [0.2, 0.25) is 0 Å². The van der Waals surface area contributed by atoms with Crippen LogP contribution in [-0.2, 0) is 19.0 Å². The van der Waals surface area contributed by atoms with E-state index in [1.807, 2.05) is 0 Å². The van der Waals surface area contributed by atoms with Gasteiger partial charge in [-0.25, -0.2) is 14.0 Å². The molecule has 0 aromatic heterocycles. The Morgan fingerprint density at radius 1 is 1.00 bits per heavy atom. The van der Waals surface area contributed by atoms with Gasteiger partial charge in [-0.15, -0.1) is 0 Å². The normalized spacial score (nSPS) is 10.8. The first-order chi connectivity index (χ1) is 13.5. The quantitative estimate of drug-likeness (QED) is 0.297. The van der Waals surface area contributed by atoms with Crippen LogP contribution in [0.3, 0.4) is 0 Å². The van der Waals surface area contributed by atoms with Crippen LogP contribution < -0.4 is 4.74 Å². The van der Waals surface area contributed by atoms with Crippen molar-refractivity contribution in [1.82, 2.24) is 0 Å². The Morgan fingerprint density at radius 2 is 1.68 bits per heavy atom. The highest BCUT2D eigenvalue weighted by Crippen LogP contribution is 2.22. The number of rotatable bonds is 8. The monoisotopic (exact) mass is 388 g/mol. The first-order valence-corrected chi connectivity index (χ1v) is 8.00. The fourth-order valence-electron chi connectivity index (χ4n) is 2.09. The Morgan fingerprint density at radius 3 is 2.32 bits per heavy atom. The van der Waals surface area contributed by atoms with Gasteiger partial charge < -0.3 is 18.9 Å². The standard InChI is InChI=1S/C20H17FO7/c1-25-12-18(20(24)26-2)28-17-6-4-3-5-15(17)19(23)27-11-16(22)13-7-9-14(21)10-8-13/h3-10,12H,11H2,1-2H3/b18-12+. The number of esters is 2. The zero-order valence-electron chi connectivity index (χ0n) is 15.1. The van der Waals surface area contributed by atoms with Gasteiger partial charge in [0, 0.05) is 5.56 Å². The highest BCUT2D eigenvalue weighted by Gasteiger charge is 2.20. The van der Waals surface area contributed by atoms with Crippen LogP contribution in [0, 0.1) is 5.82 Å². The van der Waals surface area contributed by atoms with Gasteiger partial charge in [-0.05, 0) is 36.4 Å². The molecule has 0 saturated heterocycles. The number of hydrogen-bond acceptors (Lipinski definition) is 7. The van der Waals surface area contributed by atoms with Crippen molar-refractivity contribution >= 4 is 17.7 Å². The molecule has 0 bridgehead atoms. The summed E-state index contributed by atoms with van der Waals surface area (Å²) in [6, 6.07) is 10.8. The van der Waals surface area contributed by atoms with Gasteiger partial charge in [0.05, 0.1) is 14.2 Å². The lowest BCUT2D eigenvalue weighted by Gasteiger charge is -2.12. The van der Waals surface area contributed by atoms with Gasteiger partial charge in [0.25, 0.3) is 0 Å². The zero-order valence-corrected chi connectivity index (χ0v) is 15.1. The molecule has 0 N–H and O–H groups in total. The summed E-state index contributed by atoms with van der Waals surface area (Å²) in [4.78, 5) is 36.1. The molecule has 0 aliphatic carbocycles. The molecule has 0 aliphatic heterocycles. The number of halogens is 1. The van der Waals surface area contributed by atoms with E-state index in [1.165, 1.54) is 31.4 Å². The number of benzene rings is 2. The number of ether oxygens (including phenoxy) is 4. The first kappa shape index (κ1) is 20.6. The van der Waals surface area contributed by atoms with Crippen LogP contribution in [0.15, 0.2) is 60.6 Å². The molecule has 0 heterocycles. The Balaban J connectivity index is 2.11. The van der Waals surface area contributed by atoms with Crippen LogP contribution in [0.4, 0.5) is 4.39 Å². The van der Waals surface area contributed by atoms with Gasteiger partial charge in [-0.3, -0.25) is 4.79 Å². The summed E-state index contributed by atoms with van der Waals surface area (Å²) in [5.41, 5.74) is 0.190. The molecule has 8 heteroatoms. The van der Waals surface area contributed by atoms with E-state index >= 15 is 0 Å². The molecule has 0 fully saturated rings. The Hall–Kier alpha value is -3.68.